The molecule has 0 saturated carbocycles. The topological polar surface area (TPSA) is 46.5 Å². The maximum absolute atomic E-state index is 11.5. The third kappa shape index (κ3) is 1.41. The Balaban J connectivity index is 2.61. The van der Waals surface area contributed by atoms with E-state index in [0.717, 1.165) is 0 Å². The van der Waals surface area contributed by atoms with E-state index in [1.54, 1.807) is 24.3 Å². The number of aliphatic carboxylic acids is 1. The molecule has 1 aromatic rings. The van der Waals surface area contributed by atoms with Gasteiger partial charge in [-0.1, -0.05) is 24.3 Å². The Kier molecular flexibility index (Phi) is 2.52. The van der Waals surface area contributed by atoms with Crippen LogP contribution in [0.3, 0.4) is 0 Å². The molecule has 1 aliphatic rings. The number of rotatable bonds is 3. The first-order valence-electron chi connectivity index (χ1n) is 4.99. The highest BCUT2D eigenvalue weighted by atomic mass is 16.5. The Labute approximate surface area is 93.7 Å². The minimum Gasteiger partial charge on any atom is -0.480 e. The summed E-state index contributed by atoms with van der Waals surface area (Å²) >= 11 is 0. The van der Waals surface area contributed by atoms with Gasteiger partial charge in [0.25, 0.3) is 0 Å². The maximum Gasteiger partial charge on any atom is 0.318 e. The molecule has 0 fully saturated rings. The van der Waals surface area contributed by atoms with E-state index >= 15 is 0 Å². The first-order valence-corrected chi connectivity index (χ1v) is 4.99. The summed E-state index contributed by atoms with van der Waals surface area (Å²) in [7, 11) is 0. The molecule has 0 radical (unpaired) electrons. The fourth-order valence-electron chi connectivity index (χ4n) is 1.93. The Bertz CT molecular complexity index is 462. The van der Waals surface area contributed by atoms with Crippen LogP contribution in [0.5, 0.6) is 5.75 Å². The summed E-state index contributed by atoms with van der Waals surface area (Å²) in [5.74, 6) is -0.298. The lowest BCUT2D eigenvalue weighted by Gasteiger charge is -2.29. The number of ether oxygens (including phenoxy) is 1. The van der Waals surface area contributed by atoms with Crippen LogP contribution in [0.25, 0.3) is 0 Å². The van der Waals surface area contributed by atoms with Crippen molar-refractivity contribution in [3.8, 4) is 5.75 Å². The van der Waals surface area contributed by atoms with Gasteiger partial charge in [-0.3, -0.25) is 4.79 Å². The number of para-hydroxylation sites is 1. The second-order valence-corrected chi connectivity index (χ2v) is 3.69. The zero-order chi connectivity index (χ0) is 11.6. The van der Waals surface area contributed by atoms with E-state index in [-0.39, 0.29) is 0 Å². The maximum atomic E-state index is 11.5. The zero-order valence-electron chi connectivity index (χ0n) is 8.72. The molecule has 0 amide bonds. The van der Waals surface area contributed by atoms with Crippen molar-refractivity contribution in [3.63, 3.8) is 0 Å². The molecule has 0 bridgehead atoms. The third-order valence-corrected chi connectivity index (χ3v) is 2.76. The molecule has 1 aromatic carbocycles. The second-order valence-electron chi connectivity index (χ2n) is 3.69. The summed E-state index contributed by atoms with van der Waals surface area (Å²) in [6.07, 6.45) is 4.96. The van der Waals surface area contributed by atoms with E-state index in [1.807, 2.05) is 12.1 Å². The van der Waals surface area contributed by atoms with Crippen LogP contribution in [-0.4, -0.2) is 11.1 Å². The van der Waals surface area contributed by atoms with Crippen molar-refractivity contribution < 1.29 is 14.6 Å². The molecule has 1 heterocycles. The van der Waals surface area contributed by atoms with Gasteiger partial charge in [-0.15, -0.1) is 6.58 Å². The van der Waals surface area contributed by atoms with Gasteiger partial charge in [0.1, 0.15) is 11.2 Å². The van der Waals surface area contributed by atoms with Gasteiger partial charge < -0.3 is 9.84 Å². The van der Waals surface area contributed by atoms with E-state index < -0.39 is 11.4 Å². The van der Waals surface area contributed by atoms with Crippen LogP contribution in [0.15, 0.2) is 49.3 Å². The number of carboxylic acids is 1. The van der Waals surface area contributed by atoms with Crippen molar-refractivity contribution in [2.24, 2.45) is 0 Å². The quantitative estimate of drug-likeness (QED) is 0.789. The van der Waals surface area contributed by atoms with Crippen LogP contribution in [0, 0.1) is 0 Å². The molecule has 1 unspecified atom stereocenters. The van der Waals surface area contributed by atoms with Crippen molar-refractivity contribution in [1.29, 1.82) is 0 Å². The highest BCUT2D eigenvalue weighted by molar-refractivity contribution is 5.86. The van der Waals surface area contributed by atoms with Gasteiger partial charge in [-0.05, 0) is 18.6 Å². The van der Waals surface area contributed by atoms with Crippen LogP contribution >= 0.6 is 0 Å². The Morgan fingerprint density at radius 3 is 2.94 bits per heavy atom. The molecular formula is C13H12O3. The number of carbonyl (C=O) groups is 1. The predicted octanol–water partition coefficient (Wildman–Crippen LogP) is 2.49. The highest BCUT2D eigenvalue weighted by Crippen LogP contribution is 2.39. The lowest BCUT2D eigenvalue weighted by Crippen LogP contribution is -2.35. The molecule has 0 spiro atoms. The lowest BCUT2D eigenvalue weighted by molar-refractivity contribution is -0.142. The molecule has 1 N–H and O–H groups in total. The summed E-state index contributed by atoms with van der Waals surface area (Å²) in [5, 5.41) is 9.41. The Hall–Kier alpha value is -2.03. The number of carboxylic acid groups (broad SMARTS) is 1. The minimum absolute atomic E-state index is 0.346. The summed E-state index contributed by atoms with van der Waals surface area (Å²) in [6, 6.07) is 7.16. The van der Waals surface area contributed by atoms with Gasteiger partial charge in [0.05, 0.1) is 6.26 Å². The van der Waals surface area contributed by atoms with E-state index in [4.69, 9.17) is 4.74 Å². The fraction of sp³-hybridized carbons (Fsp3) is 0.154. The van der Waals surface area contributed by atoms with Crippen molar-refractivity contribution in [1.82, 2.24) is 0 Å². The molecule has 1 aliphatic heterocycles. The van der Waals surface area contributed by atoms with Gasteiger partial charge in [-0.25, -0.2) is 0 Å². The minimum atomic E-state index is -1.05. The number of benzene rings is 1. The standard InChI is InChI=1S/C13H12O3/c1-2-7-13(12(14)15)8-9-16-11-6-4-3-5-10(11)13/h2-6,8-9H,1,7H2,(H,14,15). The molecule has 3 heteroatoms. The number of hydrogen-bond donors (Lipinski definition) is 1. The van der Waals surface area contributed by atoms with E-state index in [9.17, 15) is 9.90 Å². The molecule has 0 saturated heterocycles. The van der Waals surface area contributed by atoms with Crippen LogP contribution in [0.4, 0.5) is 0 Å². The Morgan fingerprint density at radius 1 is 1.50 bits per heavy atom. The smallest absolute Gasteiger partial charge is 0.318 e. The molecule has 82 valence electrons. The fourth-order valence-corrected chi connectivity index (χ4v) is 1.93. The van der Waals surface area contributed by atoms with Crippen molar-refractivity contribution in [3.05, 3.63) is 54.8 Å². The average molecular weight is 216 g/mol. The van der Waals surface area contributed by atoms with Crippen molar-refractivity contribution in [2.75, 3.05) is 0 Å². The monoisotopic (exact) mass is 216 g/mol. The van der Waals surface area contributed by atoms with Gasteiger partial charge in [0, 0.05) is 5.56 Å². The largest absolute Gasteiger partial charge is 0.480 e. The van der Waals surface area contributed by atoms with Gasteiger partial charge in [0.2, 0.25) is 0 Å². The second kappa shape index (κ2) is 3.85. The zero-order valence-corrected chi connectivity index (χ0v) is 8.72. The van der Waals surface area contributed by atoms with Crippen LogP contribution in [0.1, 0.15) is 12.0 Å². The van der Waals surface area contributed by atoms with Crippen molar-refractivity contribution in [2.45, 2.75) is 11.8 Å². The molecular weight excluding hydrogens is 204 g/mol. The number of hydrogen-bond acceptors (Lipinski definition) is 2. The van der Waals surface area contributed by atoms with E-state index in [0.29, 0.717) is 17.7 Å². The van der Waals surface area contributed by atoms with Gasteiger partial charge in [-0.2, -0.15) is 0 Å². The summed E-state index contributed by atoms with van der Waals surface area (Å²) in [6.45, 7) is 3.62. The summed E-state index contributed by atoms with van der Waals surface area (Å²) in [4.78, 5) is 11.5. The molecule has 0 aliphatic carbocycles. The third-order valence-electron chi connectivity index (χ3n) is 2.76. The van der Waals surface area contributed by atoms with Gasteiger partial charge in [0.15, 0.2) is 0 Å². The number of fused-ring (bicyclic) bond motifs is 1. The molecule has 3 nitrogen and oxygen atoms in total. The van der Waals surface area contributed by atoms with Crippen LogP contribution in [-0.2, 0) is 10.2 Å². The average Bonchev–Trinajstić information content (AvgIpc) is 2.29. The van der Waals surface area contributed by atoms with Crippen LogP contribution in [0.2, 0.25) is 0 Å². The van der Waals surface area contributed by atoms with Crippen molar-refractivity contribution >= 4 is 5.97 Å². The first kappa shape index (κ1) is 10.5. The lowest BCUT2D eigenvalue weighted by atomic mass is 9.76. The molecule has 2 rings (SSSR count). The summed E-state index contributed by atoms with van der Waals surface area (Å²) < 4.78 is 5.30. The normalized spacial score (nSPS) is 22.0. The SMILES string of the molecule is C=CCC1(C(=O)O)C=COc2ccccc21. The molecule has 1 atom stereocenters. The predicted molar refractivity (Wildman–Crippen MR) is 60.3 cm³/mol. The number of allylic oxidation sites excluding steroid dienone is 1. The van der Waals surface area contributed by atoms with Crippen LogP contribution < -0.4 is 4.74 Å². The Morgan fingerprint density at radius 2 is 2.25 bits per heavy atom. The first-order chi connectivity index (χ1) is 7.70. The molecule has 16 heavy (non-hydrogen) atoms. The van der Waals surface area contributed by atoms with E-state index in [1.165, 1.54) is 6.26 Å². The molecule has 0 aromatic heterocycles. The van der Waals surface area contributed by atoms with E-state index in [2.05, 4.69) is 6.58 Å². The summed E-state index contributed by atoms with van der Waals surface area (Å²) in [5.41, 5.74) is -0.374. The van der Waals surface area contributed by atoms with Gasteiger partial charge >= 0.3 is 5.97 Å². The highest BCUT2D eigenvalue weighted by Gasteiger charge is 2.40.